The van der Waals surface area contributed by atoms with E-state index in [4.69, 9.17) is 4.42 Å². The number of carbonyl (C=O) groups excluding carboxylic acids is 2. The van der Waals surface area contributed by atoms with Gasteiger partial charge in [0.25, 0.3) is 5.91 Å². The average Bonchev–Trinajstić information content (AvgIpc) is 3.57. The molecule has 0 spiro atoms. The summed E-state index contributed by atoms with van der Waals surface area (Å²) >= 11 is 2.75. The van der Waals surface area contributed by atoms with Crippen molar-refractivity contribution in [3.8, 4) is 0 Å². The summed E-state index contributed by atoms with van der Waals surface area (Å²) in [5.74, 6) is -0.524. The first-order chi connectivity index (χ1) is 16.5. The summed E-state index contributed by atoms with van der Waals surface area (Å²) in [5.41, 5.74) is 1.77. The van der Waals surface area contributed by atoms with Gasteiger partial charge in [-0.2, -0.15) is 0 Å². The van der Waals surface area contributed by atoms with E-state index in [1.165, 1.54) is 34.1 Å². The van der Waals surface area contributed by atoms with Gasteiger partial charge in [0, 0.05) is 5.75 Å². The van der Waals surface area contributed by atoms with E-state index in [-0.39, 0.29) is 11.3 Å². The third-order valence-corrected chi connectivity index (χ3v) is 7.47. The normalized spacial score (nSPS) is 15.9. The molecule has 0 saturated heterocycles. The number of aliphatic hydroxyl groups is 1. The molecule has 5 rings (SSSR count). The minimum atomic E-state index is -0.855. The number of aliphatic hydroxyl groups excluding tert-OH is 1. The molecule has 3 heterocycles. The van der Waals surface area contributed by atoms with Crippen molar-refractivity contribution in [2.45, 2.75) is 23.1 Å². The van der Waals surface area contributed by atoms with Crippen LogP contribution in [0.4, 0.5) is 5.13 Å². The van der Waals surface area contributed by atoms with Crippen molar-refractivity contribution in [1.82, 2.24) is 10.2 Å². The van der Waals surface area contributed by atoms with Crippen LogP contribution < -0.4 is 4.90 Å². The highest BCUT2D eigenvalue weighted by Gasteiger charge is 2.46. The molecule has 2 aromatic carbocycles. The first-order valence-corrected chi connectivity index (χ1v) is 12.3. The number of anilines is 1. The van der Waals surface area contributed by atoms with E-state index in [0.717, 1.165) is 5.56 Å². The maximum Gasteiger partial charge on any atom is 0.296 e. The van der Waals surface area contributed by atoms with Gasteiger partial charge in [0.1, 0.15) is 5.76 Å². The molecule has 0 radical (unpaired) electrons. The van der Waals surface area contributed by atoms with Crippen molar-refractivity contribution in [3.63, 3.8) is 0 Å². The molecule has 1 unspecified atom stereocenters. The summed E-state index contributed by atoms with van der Waals surface area (Å²) in [6.45, 7) is 1.72. The second-order valence-electron chi connectivity index (χ2n) is 7.61. The van der Waals surface area contributed by atoms with E-state index in [9.17, 15) is 14.7 Å². The summed E-state index contributed by atoms with van der Waals surface area (Å²) in [6, 6.07) is 21.4. The first kappa shape index (κ1) is 22.1. The van der Waals surface area contributed by atoms with Crippen LogP contribution in [0.25, 0.3) is 0 Å². The van der Waals surface area contributed by atoms with Gasteiger partial charge in [-0.1, -0.05) is 83.8 Å². The number of aromatic nitrogens is 2. The molecule has 0 aliphatic carbocycles. The van der Waals surface area contributed by atoms with Gasteiger partial charge in [-0.05, 0) is 30.2 Å². The largest absolute Gasteiger partial charge is 0.503 e. The van der Waals surface area contributed by atoms with Gasteiger partial charge in [-0.3, -0.25) is 14.5 Å². The number of ketones is 1. The van der Waals surface area contributed by atoms with Crippen molar-refractivity contribution < 1.29 is 19.1 Å². The molecule has 7 nitrogen and oxygen atoms in total. The number of rotatable bonds is 7. The monoisotopic (exact) mass is 489 g/mol. The number of nitrogens with zero attached hydrogens (tertiary/aromatic N) is 3. The molecule has 0 fully saturated rings. The molecule has 0 saturated carbocycles. The number of benzene rings is 2. The molecule has 1 aliphatic heterocycles. The Hall–Kier alpha value is -3.69. The molecule has 1 atom stereocenters. The summed E-state index contributed by atoms with van der Waals surface area (Å²) in [5, 5.41) is 19.6. The topological polar surface area (TPSA) is 96.5 Å². The Labute approximate surface area is 203 Å². The van der Waals surface area contributed by atoms with Crippen molar-refractivity contribution in [1.29, 1.82) is 0 Å². The van der Waals surface area contributed by atoms with Gasteiger partial charge < -0.3 is 9.52 Å². The van der Waals surface area contributed by atoms with Crippen LogP contribution in [0.5, 0.6) is 0 Å². The van der Waals surface area contributed by atoms with E-state index < -0.39 is 23.5 Å². The highest BCUT2D eigenvalue weighted by atomic mass is 32.2. The van der Waals surface area contributed by atoms with Crippen LogP contribution in [-0.4, -0.2) is 27.0 Å². The summed E-state index contributed by atoms with van der Waals surface area (Å²) in [7, 11) is 0. The fourth-order valence-electron chi connectivity index (χ4n) is 3.75. The highest BCUT2D eigenvalue weighted by molar-refractivity contribution is 8.00. The maximum absolute atomic E-state index is 13.3. The van der Waals surface area contributed by atoms with Gasteiger partial charge in [0.2, 0.25) is 10.9 Å². The Morgan fingerprint density at radius 1 is 1.06 bits per heavy atom. The SMILES string of the molecule is Cc1ccc(C(=O)C2=C(O)C(=O)N(c3nnc(SCc4ccccc4)s3)C2c2ccccc2)o1. The van der Waals surface area contributed by atoms with Gasteiger partial charge in [0.15, 0.2) is 15.9 Å². The Kier molecular flexibility index (Phi) is 6.04. The quantitative estimate of drug-likeness (QED) is 0.208. The minimum absolute atomic E-state index is 0.0424. The summed E-state index contributed by atoms with van der Waals surface area (Å²) in [6.07, 6.45) is 0. The fourth-order valence-corrected chi connectivity index (χ4v) is 5.58. The molecule has 1 aliphatic rings. The van der Waals surface area contributed by atoms with Gasteiger partial charge in [-0.25, -0.2) is 0 Å². The lowest BCUT2D eigenvalue weighted by Crippen LogP contribution is -2.31. The molecule has 1 N–H and O–H groups in total. The molecule has 1 amide bonds. The number of hydrogen-bond acceptors (Lipinski definition) is 8. The van der Waals surface area contributed by atoms with Crippen LogP contribution in [0.2, 0.25) is 0 Å². The van der Waals surface area contributed by atoms with Crippen LogP contribution in [0.3, 0.4) is 0 Å². The number of thioether (sulfide) groups is 1. The number of amides is 1. The summed E-state index contributed by atoms with van der Waals surface area (Å²) in [4.78, 5) is 27.8. The molecule has 2 aromatic heterocycles. The molecular formula is C25H19N3O4S2. The highest BCUT2D eigenvalue weighted by Crippen LogP contribution is 2.43. The zero-order valence-electron chi connectivity index (χ0n) is 18.0. The van der Waals surface area contributed by atoms with Crippen molar-refractivity contribution in [3.05, 3.63) is 107 Å². The van der Waals surface area contributed by atoms with E-state index in [1.807, 2.05) is 48.5 Å². The Morgan fingerprint density at radius 2 is 1.76 bits per heavy atom. The maximum atomic E-state index is 13.3. The van der Waals surface area contributed by atoms with Crippen molar-refractivity contribution in [2.24, 2.45) is 0 Å². The molecule has 0 bridgehead atoms. The van der Waals surface area contributed by atoms with E-state index >= 15 is 0 Å². The molecule has 34 heavy (non-hydrogen) atoms. The number of hydrogen-bond donors (Lipinski definition) is 1. The van der Waals surface area contributed by atoms with Crippen LogP contribution in [0.15, 0.2) is 92.9 Å². The predicted molar refractivity (Wildman–Crippen MR) is 130 cm³/mol. The minimum Gasteiger partial charge on any atom is -0.503 e. The second-order valence-corrected chi connectivity index (χ2v) is 9.79. The number of Topliss-reactive ketones (excluding diaryl/α,β-unsaturated/α-hetero) is 1. The lowest BCUT2D eigenvalue weighted by atomic mass is 9.95. The Morgan fingerprint density at radius 3 is 2.44 bits per heavy atom. The van der Waals surface area contributed by atoms with Crippen LogP contribution in [0, 0.1) is 6.92 Å². The van der Waals surface area contributed by atoms with E-state index in [2.05, 4.69) is 10.2 Å². The third kappa shape index (κ3) is 4.15. The standard InChI is InChI=1S/C25H19N3O4S2/c1-15-12-13-18(32-15)21(29)19-20(17-10-6-3-7-11-17)28(23(31)22(19)30)24-26-27-25(34-24)33-14-16-8-4-2-5-9-16/h2-13,20,30H,14H2,1H3. The van der Waals surface area contributed by atoms with Crippen LogP contribution in [0.1, 0.15) is 33.5 Å². The smallest absolute Gasteiger partial charge is 0.296 e. The predicted octanol–water partition coefficient (Wildman–Crippen LogP) is 5.51. The second kappa shape index (κ2) is 9.28. The first-order valence-electron chi connectivity index (χ1n) is 10.5. The fraction of sp³-hybridized carbons (Fsp3) is 0.120. The molecular weight excluding hydrogens is 470 g/mol. The molecule has 170 valence electrons. The van der Waals surface area contributed by atoms with Gasteiger partial charge in [-0.15, -0.1) is 10.2 Å². The van der Waals surface area contributed by atoms with E-state index in [1.54, 1.807) is 25.1 Å². The number of aryl methyl sites for hydroxylation is 1. The zero-order chi connectivity index (χ0) is 23.7. The van der Waals surface area contributed by atoms with Crippen molar-refractivity contribution >= 4 is 39.9 Å². The third-order valence-electron chi connectivity index (χ3n) is 5.34. The van der Waals surface area contributed by atoms with Crippen LogP contribution in [-0.2, 0) is 10.5 Å². The lowest BCUT2D eigenvalue weighted by molar-refractivity contribution is -0.117. The lowest BCUT2D eigenvalue weighted by Gasteiger charge is -2.23. The number of furan rings is 1. The Bertz CT molecular complexity index is 1380. The van der Waals surface area contributed by atoms with Crippen LogP contribution >= 0.6 is 23.1 Å². The van der Waals surface area contributed by atoms with Crippen molar-refractivity contribution in [2.75, 3.05) is 4.90 Å². The molecule has 4 aromatic rings. The Balaban J connectivity index is 1.49. The van der Waals surface area contributed by atoms with Gasteiger partial charge >= 0.3 is 0 Å². The average molecular weight is 490 g/mol. The van der Waals surface area contributed by atoms with Gasteiger partial charge in [0.05, 0.1) is 11.6 Å². The number of carbonyl (C=O) groups is 2. The summed E-state index contributed by atoms with van der Waals surface area (Å²) < 4.78 is 6.17. The zero-order valence-corrected chi connectivity index (χ0v) is 19.7. The van der Waals surface area contributed by atoms with E-state index in [0.29, 0.717) is 26.5 Å². The molecule has 9 heteroatoms.